The number of aliphatic hydroxyl groups is 1. The number of nitrogens with zero attached hydrogens (tertiary/aromatic N) is 2. The van der Waals surface area contributed by atoms with Gasteiger partial charge in [0.25, 0.3) is 0 Å². The molecule has 2 aromatic rings. The van der Waals surface area contributed by atoms with Crippen LogP contribution in [0.1, 0.15) is 17.8 Å². The highest BCUT2D eigenvalue weighted by Gasteiger charge is 2.04. The number of nitrogens with one attached hydrogen (secondary N) is 1. The molecule has 0 aliphatic rings. The summed E-state index contributed by atoms with van der Waals surface area (Å²) in [5, 5.41) is 12.9. The van der Waals surface area contributed by atoms with Crippen LogP contribution in [0.3, 0.4) is 0 Å². The van der Waals surface area contributed by atoms with E-state index in [2.05, 4.69) is 10.1 Å². The van der Waals surface area contributed by atoms with Gasteiger partial charge in [-0.1, -0.05) is 30.3 Å². The number of benzene rings is 1. The maximum Gasteiger partial charge on any atom is 0.343 e. The van der Waals surface area contributed by atoms with E-state index < -0.39 is 0 Å². The number of aromatic amines is 1. The molecular formula is C12H15N3O2. The molecule has 17 heavy (non-hydrogen) atoms. The fraction of sp³-hybridized carbons (Fsp3) is 0.333. The molecule has 0 bridgehead atoms. The van der Waals surface area contributed by atoms with Gasteiger partial charge in [0.05, 0.1) is 6.54 Å². The lowest BCUT2D eigenvalue weighted by Crippen LogP contribution is -2.18. The number of aryl methyl sites for hydroxylation is 1. The lowest BCUT2D eigenvalue weighted by Gasteiger charge is -1.99. The molecule has 0 fully saturated rings. The Balaban J connectivity index is 2.11. The Bertz CT molecular complexity index is 516. The fourth-order valence-electron chi connectivity index (χ4n) is 1.63. The molecule has 5 nitrogen and oxygen atoms in total. The van der Waals surface area contributed by atoms with Crippen molar-refractivity contribution in [2.24, 2.45) is 0 Å². The van der Waals surface area contributed by atoms with E-state index >= 15 is 0 Å². The summed E-state index contributed by atoms with van der Waals surface area (Å²) >= 11 is 0. The molecule has 1 aromatic carbocycles. The fourth-order valence-corrected chi connectivity index (χ4v) is 1.63. The van der Waals surface area contributed by atoms with Gasteiger partial charge in [0.15, 0.2) is 0 Å². The van der Waals surface area contributed by atoms with Gasteiger partial charge in [-0.2, -0.15) is 5.10 Å². The molecule has 0 unspecified atom stereocenters. The maximum atomic E-state index is 11.6. The van der Waals surface area contributed by atoms with Crippen LogP contribution in [0.5, 0.6) is 0 Å². The summed E-state index contributed by atoms with van der Waals surface area (Å²) in [6.45, 7) is 0.572. The lowest BCUT2D eigenvalue weighted by molar-refractivity contribution is 0.287. The van der Waals surface area contributed by atoms with Gasteiger partial charge >= 0.3 is 5.69 Å². The van der Waals surface area contributed by atoms with E-state index in [-0.39, 0.29) is 12.3 Å². The van der Waals surface area contributed by atoms with Gasteiger partial charge in [-0.05, 0) is 12.0 Å². The first-order valence-corrected chi connectivity index (χ1v) is 5.60. The average molecular weight is 233 g/mol. The van der Waals surface area contributed by atoms with Crippen LogP contribution in [0.4, 0.5) is 0 Å². The van der Waals surface area contributed by atoms with Crippen LogP contribution in [0.2, 0.25) is 0 Å². The summed E-state index contributed by atoms with van der Waals surface area (Å²) in [4.78, 5) is 14.3. The Morgan fingerprint density at radius 3 is 2.76 bits per heavy atom. The second-order valence-corrected chi connectivity index (χ2v) is 3.85. The highest BCUT2D eigenvalue weighted by Crippen LogP contribution is 2.00. The minimum Gasteiger partial charge on any atom is -0.396 e. The smallest absolute Gasteiger partial charge is 0.343 e. The van der Waals surface area contributed by atoms with Crippen molar-refractivity contribution in [2.45, 2.75) is 19.4 Å². The van der Waals surface area contributed by atoms with Gasteiger partial charge in [-0.3, -0.25) is 4.98 Å². The van der Waals surface area contributed by atoms with Crippen LogP contribution in [0.15, 0.2) is 35.1 Å². The number of hydrogen-bond donors (Lipinski definition) is 2. The van der Waals surface area contributed by atoms with Crippen LogP contribution < -0.4 is 5.69 Å². The van der Waals surface area contributed by atoms with Crippen molar-refractivity contribution in [2.75, 3.05) is 6.61 Å². The van der Waals surface area contributed by atoms with Gasteiger partial charge in [0.1, 0.15) is 5.82 Å². The highest BCUT2D eigenvalue weighted by molar-refractivity contribution is 5.14. The Morgan fingerprint density at radius 1 is 1.29 bits per heavy atom. The summed E-state index contributed by atoms with van der Waals surface area (Å²) in [7, 11) is 0. The lowest BCUT2D eigenvalue weighted by atomic mass is 10.2. The zero-order valence-electron chi connectivity index (χ0n) is 9.47. The van der Waals surface area contributed by atoms with Gasteiger partial charge < -0.3 is 5.11 Å². The molecule has 0 aliphatic carbocycles. The number of aliphatic hydroxyl groups excluding tert-OH is 1. The van der Waals surface area contributed by atoms with E-state index in [1.54, 1.807) is 0 Å². The quantitative estimate of drug-likeness (QED) is 0.792. The summed E-state index contributed by atoms with van der Waals surface area (Å²) < 4.78 is 1.40. The first-order chi connectivity index (χ1) is 8.29. The molecule has 90 valence electrons. The third-order valence-corrected chi connectivity index (χ3v) is 2.47. The molecule has 0 saturated heterocycles. The summed E-state index contributed by atoms with van der Waals surface area (Å²) in [5.41, 5.74) is 0.830. The Kier molecular flexibility index (Phi) is 3.72. The molecular weight excluding hydrogens is 218 g/mol. The Morgan fingerprint density at radius 2 is 2.06 bits per heavy atom. The molecule has 1 aromatic heterocycles. The van der Waals surface area contributed by atoms with E-state index in [9.17, 15) is 4.79 Å². The Hall–Kier alpha value is -1.88. The van der Waals surface area contributed by atoms with E-state index in [0.717, 1.165) is 5.56 Å². The van der Waals surface area contributed by atoms with Gasteiger partial charge in [-0.25, -0.2) is 9.48 Å². The minimum atomic E-state index is -0.207. The summed E-state index contributed by atoms with van der Waals surface area (Å²) in [5.74, 6) is 0.625. The minimum absolute atomic E-state index is 0.105. The van der Waals surface area contributed by atoms with E-state index in [4.69, 9.17) is 5.11 Å². The number of H-pyrrole nitrogens is 1. The Labute approximate surface area is 98.7 Å². The second-order valence-electron chi connectivity index (χ2n) is 3.85. The van der Waals surface area contributed by atoms with Crippen molar-refractivity contribution in [1.29, 1.82) is 0 Å². The van der Waals surface area contributed by atoms with Crippen molar-refractivity contribution in [3.8, 4) is 0 Å². The van der Waals surface area contributed by atoms with E-state index in [1.165, 1.54) is 4.68 Å². The molecule has 2 N–H and O–H groups in total. The van der Waals surface area contributed by atoms with Gasteiger partial charge in [-0.15, -0.1) is 0 Å². The molecule has 1 heterocycles. The number of hydrogen-bond acceptors (Lipinski definition) is 3. The third kappa shape index (κ3) is 3.04. The molecule has 0 spiro atoms. The van der Waals surface area contributed by atoms with Crippen LogP contribution in [0.25, 0.3) is 0 Å². The molecule has 5 heteroatoms. The summed E-state index contributed by atoms with van der Waals surface area (Å²) in [6.07, 6.45) is 1.20. The molecule has 0 aliphatic heterocycles. The van der Waals surface area contributed by atoms with Crippen LogP contribution in [0, 0.1) is 0 Å². The predicted octanol–water partition coefficient (Wildman–Crippen LogP) is 0.545. The highest BCUT2D eigenvalue weighted by atomic mass is 16.3. The molecule has 0 radical (unpaired) electrons. The second kappa shape index (κ2) is 5.45. The van der Waals surface area contributed by atoms with E-state index in [0.29, 0.717) is 25.2 Å². The molecule has 2 rings (SSSR count). The van der Waals surface area contributed by atoms with Crippen LogP contribution in [-0.4, -0.2) is 26.5 Å². The maximum absolute atomic E-state index is 11.6. The molecule has 0 amide bonds. The van der Waals surface area contributed by atoms with Crippen molar-refractivity contribution in [3.63, 3.8) is 0 Å². The van der Waals surface area contributed by atoms with Crippen molar-refractivity contribution in [1.82, 2.24) is 14.8 Å². The topological polar surface area (TPSA) is 70.9 Å². The van der Waals surface area contributed by atoms with Crippen molar-refractivity contribution < 1.29 is 5.11 Å². The van der Waals surface area contributed by atoms with Crippen LogP contribution in [-0.2, 0) is 13.0 Å². The predicted molar refractivity (Wildman–Crippen MR) is 63.8 cm³/mol. The number of aromatic nitrogens is 3. The van der Waals surface area contributed by atoms with Gasteiger partial charge in [0.2, 0.25) is 0 Å². The van der Waals surface area contributed by atoms with E-state index in [1.807, 2.05) is 30.3 Å². The normalized spacial score (nSPS) is 10.6. The average Bonchev–Trinajstić information content (AvgIpc) is 2.69. The van der Waals surface area contributed by atoms with Crippen LogP contribution >= 0.6 is 0 Å². The largest absolute Gasteiger partial charge is 0.396 e. The summed E-state index contributed by atoms with van der Waals surface area (Å²) in [6, 6.07) is 9.70. The zero-order valence-corrected chi connectivity index (χ0v) is 9.47. The number of rotatable bonds is 5. The monoisotopic (exact) mass is 233 g/mol. The van der Waals surface area contributed by atoms with Crippen molar-refractivity contribution >= 4 is 0 Å². The standard InChI is InChI=1S/C12H15N3O2/c16-8-4-7-11-13-12(17)15(14-11)9-10-5-2-1-3-6-10/h1-3,5-6,16H,4,7-9H2,(H,13,14,17). The third-order valence-electron chi connectivity index (χ3n) is 2.47. The SMILES string of the molecule is O=c1[nH]c(CCCO)nn1Cc1ccccc1. The van der Waals surface area contributed by atoms with Gasteiger partial charge in [0, 0.05) is 13.0 Å². The first kappa shape index (κ1) is 11.6. The molecule has 0 atom stereocenters. The zero-order chi connectivity index (χ0) is 12.1. The van der Waals surface area contributed by atoms with Crippen molar-refractivity contribution in [3.05, 3.63) is 52.2 Å². The molecule has 0 saturated carbocycles. The first-order valence-electron chi connectivity index (χ1n) is 5.60.